The lowest BCUT2D eigenvalue weighted by molar-refractivity contribution is 1.18. The van der Waals surface area contributed by atoms with Gasteiger partial charge in [0.25, 0.3) is 0 Å². The quantitative estimate of drug-likeness (QED) is 0.187. The standard InChI is InChI=1S/C48H32N2/c1-3-15-33(16-4-1)49(34-17-5-2-6-18-34)35-28-30-48-46(32-35)44-25-13-14-26-47(44)50(48)36-27-29-43-41-23-10-9-21-39(41)37-19-7-8-20-38(37)40-22-11-12-24-42(40)45(43)31-36/h1-32H. The summed E-state index contributed by atoms with van der Waals surface area (Å²) in [6.45, 7) is 0. The minimum absolute atomic E-state index is 1.13. The second-order valence-corrected chi connectivity index (χ2v) is 12.9. The van der Waals surface area contributed by atoms with Crippen LogP contribution in [-0.4, -0.2) is 4.57 Å². The zero-order valence-corrected chi connectivity index (χ0v) is 27.4. The molecule has 1 aliphatic rings. The Hall–Kier alpha value is -6.64. The fourth-order valence-electron chi connectivity index (χ4n) is 7.97. The predicted molar refractivity (Wildman–Crippen MR) is 211 cm³/mol. The van der Waals surface area contributed by atoms with E-state index in [4.69, 9.17) is 0 Å². The Morgan fingerprint density at radius 3 is 1.28 bits per heavy atom. The van der Waals surface area contributed by atoms with Crippen LogP contribution in [0.5, 0.6) is 0 Å². The van der Waals surface area contributed by atoms with Gasteiger partial charge in [-0.05, 0) is 105 Å². The molecule has 0 aliphatic heterocycles. The average Bonchev–Trinajstić information content (AvgIpc) is 3.52. The lowest BCUT2D eigenvalue weighted by Crippen LogP contribution is -2.09. The van der Waals surface area contributed by atoms with Crippen molar-refractivity contribution in [3.8, 4) is 50.2 Å². The summed E-state index contributed by atoms with van der Waals surface area (Å²) in [6.07, 6.45) is 0. The maximum atomic E-state index is 2.44. The van der Waals surface area contributed by atoms with Crippen molar-refractivity contribution in [1.82, 2.24) is 4.57 Å². The molecule has 0 saturated heterocycles. The first-order chi connectivity index (χ1) is 24.8. The van der Waals surface area contributed by atoms with Gasteiger partial charge in [-0.15, -0.1) is 0 Å². The molecule has 0 radical (unpaired) electrons. The van der Waals surface area contributed by atoms with E-state index in [9.17, 15) is 0 Å². The molecule has 1 aliphatic carbocycles. The highest BCUT2D eigenvalue weighted by Gasteiger charge is 2.23. The molecule has 0 unspecified atom stereocenters. The van der Waals surface area contributed by atoms with E-state index in [1.807, 2.05) is 0 Å². The number of benzene rings is 8. The first-order valence-electron chi connectivity index (χ1n) is 17.2. The molecule has 9 aromatic rings. The number of aromatic nitrogens is 1. The number of nitrogens with zero attached hydrogens (tertiary/aromatic N) is 2. The van der Waals surface area contributed by atoms with Gasteiger partial charge >= 0.3 is 0 Å². The summed E-state index contributed by atoms with van der Waals surface area (Å²) in [5.41, 5.74) is 16.9. The van der Waals surface area contributed by atoms with E-state index in [0.29, 0.717) is 0 Å². The molecule has 0 fully saturated rings. The van der Waals surface area contributed by atoms with Crippen LogP contribution < -0.4 is 4.90 Å². The fraction of sp³-hybridized carbons (Fsp3) is 0. The second-order valence-electron chi connectivity index (χ2n) is 12.9. The van der Waals surface area contributed by atoms with Gasteiger partial charge in [-0.3, -0.25) is 0 Å². The van der Waals surface area contributed by atoms with Crippen LogP contribution in [0.3, 0.4) is 0 Å². The van der Waals surface area contributed by atoms with Crippen LogP contribution in [0.25, 0.3) is 72.0 Å². The Morgan fingerprint density at radius 2 is 0.720 bits per heavy atom. The molecule has 0 N–H and O–H groups in total. The van der Waals surface area contributed by atoms with Crippen molar-refractivity contribution in [2.24, 2.45) is 0 Å². The third kappa shape index (κ3) is 4.43. The summed E-state index contributed by atoms with van der Waals surface area (Å²) in [7, 11) is 0. The summed E-state index contributed by atoms with van der Waals surface area (Å²) < 4.78 is 2.44. The number of para-hydroxylation sites is 3. The maximum absolute atomic E-state index is 2.44. The normalized spacial score (nSPS) is 11.6. The molecule has 0 atom stereocenters. The Morgan fingerprint density at radius 1 is 0.280 bits per heavy atom. The summed E-state index contributed by atoms with van der Waals surface area (Å²) in [6, 6.07) is 70.5. The highest BCUT2D eigenvalue weighted by Crippen LogP contribution is 2.48. The molecule has 2 nitrogen and oxygen atoms in total. The van der Waals surface area contributed by atoms with Gasteiger partial charge in [0, 0.05) is 33.5 Å². The van der Waals surface area contributed by atoms with Crippen molar-refractivity contribution >= 4 is 38.9 Å². The van der Waals surface area contributed by atoms with Crippen LogP contribution in [0.15, 0.2) is 194 Å². The third-order valence-electron chi connectivity index (χ3n) is 10.1. The molecule has 0 saturated carbocycles. The van der Waals surface area contributed by atoms with Crippen molar-refractivity contribution in [3.63, 3.8) is 0 Å². The van der Waals surface area contributed by atoms with E-state index < -0.39 is 0 Å². The highest BCUT2D eigenvalue weighted by atomic mass is 15.1. The van der Waals surface area contributed by atoms with Gasteiger partial charge in [0.15, 0.2) is 0 Å². The Bertz CT molecular complexity index is 2660. The van der Waals surface area contributed by atoms with Crippen LogP contribution in [0.4, 0.5) is 17.1 Å². The van der Waals surface area contributed by atoms with Crippen molar-refractivity contribution in [1.29, 1.82) is 0 Å². The van der Waals surface area contributed by atoms with Gasteiger partial charge in [-0.1, -0.05) is 133 Å². The molecule has 50 heavy (non-hydrogen) atoms. The molecule has 10 rings (SSSR count). The van der Waals surface area contributed by atoms with E-state index in [-0.39, 0.29) is 0 Å². The largest absolute Gasteiger partial charge is 0.310 e. The van der Waals surface area contributed by atoms with Gasteiger partial charge in [0.2, 0.25) is 0 Å². The maximum Gasteiger partial charge on any atom is 0.0542 e. The summed E-state index contributed by atoms with van der Waals surface area (Å²) in [5.74, 6) is 0. The minimum Gasteiger partial charge on any atom is -0.310 e. The van der Waals surface area contributed by atoms with E-state index in [1.165, 1.54) is 66.3 Å². The molecule has 0 bridgehead atoms. The number of hydrogen-bond donors (Lipinski definition) is 0. The first kappa shape index (κ1) is 28.4. The molecule has 0 amide bonds. The zero-order valence-electron chi connectivity index (χ0n) is 27.4. The van der Waals surface area contributed by atoms with E-state index >= 15 is 0 Å². The SMILES string of the molecule is c1ccc(N(c2ccccc2)c2ccc3c(c2)c2ccccc2n3-c2ccc3c(c2)-c2ccccc2-c2ccccc2-c2ccccc2-3)cc1. The van der Waals surface area contributed by atoms with Crippen molar-refractivity contribution in [2.45, 2.75) is 0 Å². The highest BCUT2D eigenvalue weighted by molar-refractivity contribution is 6.11. The van der Waals surface area contributed by atoms with Crippen molar-refractivity contribution in [3.05, 3.63) is 194 Å². The van der Waals surface area contributed by atoms with Crippen molar-refractivity contribution < 1.29 is 0 Å². The predicted octanol–water partition coefficient (Wildman–Crippen LogP) is 13.2. The average molecular weight is 637 g/mol. The van der Waals surface area contributed by atoms with E-state index in [2.05, 4.69) is 204 Å². The number of anilines is 3. The summed E-state index contributed by atoms with van der Waals surface area (Å²) >= 11 is 0. The number of fused-ring (bicyclic) bond motifs is 11. The molecule has 1 aromatic heterocycles. The molecule has 8 aromatic carbocycles. The lowest BCUT2D eigenvalue weighted by Gasteiger charge is -2.25. The number of hydrogen-bond acceptors (Lipinski definition) is 1. The lowest BCUT2D eigenvalue weighted by atomic mass is 9.81. The first-order valence-corrected chi connectivity index (χ1v) is 17.2. The number of rotatable bonds is 4. The topological polar surface area (TPSA) is 8.17 Å². The third-order valence-corrected chi connectivity index (χ3v) is 10.1. The van der Waals surface area contributed by atoms with Crippen LogP contribution in [0.1, 0.15) is 0 Å². The minimum atomic E-state index is 1.13. The molecular weight excluding hydrogens is 605 g/mol. The fourth-order valence-corrected chi connectivity index (χ4v) is 7.97. The smallest absolute Gasteiger partial charge is 0.0542 e. The van der Waals surface area contributed by atoms with Gasteiger partial charge in [0.05, 0.1) is 11.0 Å². The van der Waals surface area contributed by atoms with Crippen LogP contribution in [-0.2, 0) is 0 Å². The molecule has 234 valence electrons. The van der Waals surface area contributed by atoms with Crippen molar-refractivity contribution in [2.75, 3.05) is 4.90 Å². The van der Waals surface area contributed by atoms with Gasteiger partial charge in [-0.2, -0.15) is 0 Å². The molecule has 0 spiro atoms. The zero-order chi connectivity index (χ0) is 33.0. The van der Waals surface area contributed by atoms with Gasteiger partial charge < -0.3 is 9.47 Å². The summed E-state index contributed by atoms with van der Waals surface area (Å²) in [4.78, 5) is 2.34. The van der Waals surface area contributed by atoms with Crippen LogP contribution >= 0.6 is 0 Å². The Labute approximate surface area is 291 Å². The monoisotopic (exact) mass is 636 g/mol. The Kier molecular flexibility index (Phi) is 6.53. The van der Waals surface area contributed by atoms with E-state index in [1.54, 1.807) is 0 Å². The van der Waals surface area contributed by atoms with Crippen LogP contribution in [0, 0.1) is 0 Å². The molecule has 2 heteroatoms. The van der Waals surface area contributed by atoms with Crippen LogP contribution in [0.2, 0.25) is 0 Å². The van der Waals surface area contributed by atoms with Gasteiger partial charge in [0.1, 0.15) is 0 Å². The second kappa shape index (κ2) is 11.5. The van der Waals surface area contributed by atoms with Gasteiger partial charge in [-0.25, -0.2) is 0 Å². The Balaban J connectivity index is 1.21. The molecule has 1 heterocycles. The van der Waals surface area contributed by atoms with E-state index in [0.717, 1.165) is 22.7 Å². The molecular formula is C48H32N2. The summed E-state index contributed by atoms with van der Waals surface area (Å²) in [5, 5.41) is 2.46.